The lowest BCUT2D eigenvalue weighted by atomic mass is 10.1. The maximum Gasteiger partial charge on any atom is 0.149 e. The smallest absolute Gasteiger partial charge is 0.149 e. The molecule has 5 nitrogen and oxygen atoms in total. The van der Waals surface area contributed by atoms with Crippen LogP contribution in [0.15, 0.2) is 12.4 Å². The Morgan fingerprint density at radius 2 is 1.94 bits per heavy atom. The molecule has 0 radical (unpaired) electrons. The van der Waals surface area contributed by atoms with Gasteiger partial charge in [0.2, 0.25) is 0 Å². The molecule has 1 rings (SSSR count). The van der Waals surface area contributed by atoms with Gasteiger partial charge in [-0.1, -0.05) is 13.3 Å². The van der Waals surface area contributed by atoms with E-state index in [9.17, 15) is 0 Å². The van der Waals surface area contributed by atoms with Gasteiger partial charge in [-0.15, -0.1) is 0 Å². The van der Waals surface area contributed by atoms with Crippen LogP contribution in [0.2, 0.25) is 0 Å². The highest BCUT2D eigenvalue weighted by Crippen LogP contribution is 2.10. The lowest BCUT2D eigenvalue weighted by Crippen LogP contribution is -2.34. The van der Waals surface area contributed by atoms with Crippen molar-refractivity contribution in [1.82, 2.24) is 14.9 Å². The van der Waals surface area contributed by atoms with Crippen LogP contribution in [0.5, 0.6) is 0 Å². The Morgan fingerprint density at radius 3 is 2.50 bits per heavy atom. The molecule has 0 spiro atoms. The minimum Gasteiger partial charge on any atom is -0.367 e. The van der Waals surface area contributed by atoms with Crippen LogP contribution in [0, 0.1) is 0 Å². The molecule has 0 aromatic carbocycles. The first-order valence-electron chi connectivity index (χ1n) is 6.44. The third-order valence-electron chi connectivity index (χ3n) is 2.95. The summed E-state index contributed by atoms with van der Waals surface area (Å²) in [4.78, 5) is 12.9. The lowest BCUT2D eigenvalue weighted by molar-refractivity contribution is 0.288. The van der Waals surface area contributed by atoms with Gasteiger partial charge in [-0.05, 0) is 20.5 Å². The molecular weight excluding hydrogens is 226 g/mol. The number of hydrogen-bond acceptors (Lipinski definition) is 5. The summed E-state index contributed by atoms with van der Waals surface area (Å²) in [5.41, 5.74) is 0. The second-order valence-electron chi connectivity index (χ2n) is 4.94. The van der Waals surface area contributed by atoms with Crippen LogP contribution in [0.25, 0.3) is 0 Å². The summed E-state index contributed by atoms with van der Waals surface area (Å²) in [6, 6.07) is 0.528. The van der Waals surface area contributed by atoms with Crippen molar-refractivity contribution < 1.29 is 0 Å². The van der Waals surface area contributed by atoms with E-state index in [1.807, 2.05) is 19.0 Å². The number of rotatable bonds is 7. The van der Waals surface area contributed by atoms with Crippen LogP contribution in [0.3, 0.4) is 0 Å². The van der Waals surface area contributed by atoms with Crippen molar-refractivity contribution >= 4 is 11.6 Å². The first kappa shape index (κ1) is 14.7. The maximum atomic E-state index is 4.50. The summed E-state index contributed by atoms with van der Waals surface area (Å²) in [5.74, 6) is 1.71. The van der Waals surface area contributed by atoms with E-state index in [-0.39, 0.29) is 0 Å². The molecular formula is C13H25N5. The first-order chi connectivity index (χ1) is 8.54. The Morgan fingerprint density at radius 1 is 1.22 bits per heavy atom. The molecule has 0 amide bonds. The van der Waals surface area contributed by atoms with Gasteiger partial charge in [0.15, 0.2) is 0 Å². The van der Waals surface area contributed by atoms with E-state index in [0.29, 0.717) is 6.04 Å². The van der Waals surface area contributed by atoms with Gasteiger partial charge in [0, 0.05) is 26.7 Å². The standard InChI is InChI=1S/C13H25N5/c1-6-7-11(17(2)3)8-15-12-9-14-10-13(16-12)18(4)5/h9-11H,6-8H2,1-5H3,(H,15,16)/t11-/m1/s1. The fourth-order valence-electron chi connectivity index (χ4n) is 1.75. The van der Waals surface area contributed by atoms with E-state index in [1.54, 1.807) is 12.4 Å². The summed E-state index contributed by atoms with van der Waals surface area (Å²) in [6.07, 6.45) is 5.90. The zero-order valence-electron chi connectivity index (χ0n) is 12.1. The van der Waals surface area contributed by atoms with E-state index in [2.05, 4.69) is 41.2 Å². The van der Waals surface area contributed by atoms with Crippen molar-refractivity contribution in [3.05, 3.63) is 12.4 Å². The van der Waals surface area contributed by atoms with Gasteiger partial charge in [-0.3, -0.25) is 4.98 Å². The fraction of sp³-hybridized carbons (Fsp3) is 0.692. The van der Waals surface area contributed by atoms with Gasteiger partial charge in [-0.2, -0.15) is 0 Å². The van der Waals surface area contributed by atoms with E-state index in [4.69, 9.17) is 0 Å². The van der Waals surface area contributed by atoms with E-state index < -0.39 is 0 Å². The van der Waals surface area contributed by atoms with Gasteiger partial charge in [0.25, 0.3) is 0 Å². The third kappa shape index (κ3) is 4.49. The predicted molar refractivity (Wildman–Crippen MR) is 77.2 cm³/mol. The zero-order valence-corrected chi connectivity index (χ0v) is 12.1. The molecule has 18 heavy (non-hydrogen) atoms. The number of anilines is 2. The van der Waals surface area contributed by atoms with Crippen molar-refractivity contribution in [2.45, 2.75) is 25.8 Å². The molecule has 1 aromatic heterocycles. The zero-order chi connectivity index (χ0) is 13.5. The van der Waals surface area contributed by atoms with Crippen LogP contribution in [-0.4, -0.2) is 55.6 Å². The summed E-state index contributed by atoms with van der Waals surface area (Å²) in [5, 5.41) is 3.36. The molecule has 0 bridgehead atoms. The highest BCUT2D eigenvalue weighted by atomic mass is 15.2. The van der Waals surface area contributed by atoms with Gasteiger partial charge >= 0.3 is 0 Å². The van der Waals surface area contributed by atoms with Gasteiger partial charge in [0.05, 0.1) is 12.4 Å². The molecule has 0 saturated heterocycles. The van der Waals surface area contributed by atoms with Crippen molar-refractivity contribution in [2.75, 3.05) is 45.0 Å². The molecule has 1 aromatic rings. The quantitative estimate of drug-likeness (QED) is 0.799. The molecule has 0 fully saturated rings. The van der Waals surface area contributed by atoms with Gasteiger partial charge < -0.3 is 15.1 Å². The summed E-state index contributed by atoms with van der Waals surface area (Å²) >= 11 is 0. The van der Waals surface area contributed by atoms with Gasteiger partial charge in [-0.25, -0.2) is 4.98 Å². The Kier molecular flexibility index (Phi) is 5.85. The minimum absolute atomic E-state index is 0.528. The van der Waals surface area contributed by atoms with Crippen LogP contribution in [0.1, 0.15) is 19.8 Å². The number of aromatic nitrogens is 2. The monoisotopic (exact) mass is 251 g/mol. The van der Waals surface area contributed by atoms with E-state index in [1.165, 1.54) is 12.8 Å². The SMILES string of the molecule is CCC[C@H](CNc1cncc(N(C)C)n1)N(C)C. The highest BCUT2D eigenvalue weighted by Gasteiger charge is 2.10. The Bertz CT molecular complexity index is 351. The van der Waals surface area contributed by atoms with Crippen LogP contribution in [-0.2, 0) is 0 Å². The summed E-state index contributed by atoms with van der Waals surface area (Å²) in [7, 11) is 8.16. The summed E-state index contributed by atoms with van der Waals surface area (Å²) in [6.45, 7) is 3.11. The van der Waals surface area contributed by atoms with E-state index in [0.717, 1.165) is 18.2 Å². The number of nitrogens with zero attached hydrogens (tertiary/aromatic N) is 4. The largest absolute Gasteiger partial charge is 0.367 e. The number of nitrogens with one attached hydrogen (secondary N) is 1. The Balaban J connectivity index is 2.58. The normalized spacial score (nSPS) is 12.6. The van der Waals surface area contributed by atoms with Gasteiger partial charge in [0.1, 0.15) is 11.6 Å². The number of likely N-dealkylation sites (N-methyl/N-ethyl adjacent to an activating group) is 1. The average molecular weight is 251 g/mol. The molecule has 1 N–H and O–H groups in total. The Hall–Kier alpha value is -1.36. The second kappa shape index (κ2) is 7.16. The molecule has 0 saturated carbocycles. The topological polar surface area (TPSA) is 44.3 Å². The van der Waals surface area contributed by atoms with Crippen LogP contribution in [0.4, 0.5) is 11.6 Å². The van der Waals surface area contributed by atoms with Crippen LogP contribution >= 0.6 is 0 Å². The van der Waals surface area contributed by atoms with Crippen molar-refractivity contribution in [2.24, 2.45) is 0 Å². The van der Waals surface area contributed by atoms with Crippen LogP contribution < -0.4 is 10.2 Å². The molecule has 0 unspecified atom stereocenters. The molecule has 0 aliphatic heterocycles. The molecule has 1 heterocycles. The highest BCUT2D eigenvalue weighted by molar-refractivity contribution is 5.42. The molecule has 102 valence electrons. The average Bonchev–Trinajstić information content (AvgIpc) is 2.34. The minimum atomic E-state index is 0.528. The molecule has 0 aliphatic rings. The molecule has 5 heteroatoms. The van der Waals surface area contributed by atoms with Crippen molar-refractivity contribution in [3.8, 4) is 0 Å². The second-order valence-corrected chi connectivity index (χ2v) is 4.94. The predicted octanol–water partition coefficient (Wildman–Crippen LogP) is 1.68. The molecule has 1 atom stereocenters. The Labute approximate surface area is 110 Å². The molecule has 0 aliphatic carbocycles. The lowest BCUT2D eigenvalue weighted by Gasteiger charge is -2.24. The first-order valence-corrected chi connectivity index (χ1v) is 6.44. The third-order valence-corrected chi connectivity index (χ3v) is 2.95. The van der Waals surface area contributed by atoms with E-state index >= 15 is 0 Å². The van der Waals surface area contributed by atoms with Crippen molar-refractivity contribution in [1.29, 1.82) is 0 Å². The number of hydrogen-bond donors (Lipinski definition) is 1. The summed E-state index contributed by atoms with van der Waals surface area (Å²) < 4.78 is 0. The maximum absolute atomic E-state index is 4.50. The fourth-order valence-corrected chi connectivity index (χ4v) is 1.75. The van der Waals surface area contributed by atoms with Crippen molar-refractivity contribution in [3.63, 3.8) is 0 Å².